The Hall–Kier alpha value is -3.03. The van der Waals surface area contributed by atoms with Crippen molar-refractivity contribution in [2.24, 2.45) is 5.92 Å². The fraction of sp³-hybridized carbons (Fsp3) is 0.621. The molecule has 1 aliphatic heterocycles. The molecule has 1 saturated heterocycles. The van der Waals surface area contributed by atoms with E-state index in [1.54, 1.807) is 12.0 Å². The van der Waals surface area contributed by atoms with E-state index in [1.165, 1.54) is 25.7 Å². The highest BCUT2D eigenvalue weighted by molar-refractivity contribution is 5.86. The van der Waals surface area contributed by atoms with Gasteiger partial charge in [0.15, 0.2) is 0 Å². The maximum atomic E-state index is 13.2. The maximum Gasteiger partial charge on any atom is 0.239 e. The van der Waals surface area contributed by atoms with E-state index in [0.29, 0.717) is 44.3 Å². The number of amides is 3. The van der Waals surface area contributed by atoms with Crippen molar-refractivity contribution in [2.45, 2.75) is 77.2 Å². The molecular formula is C29H42N4O4. The Morgan fingerprint density at radius 2 is 1.95 bits per heavy atom. The minimum Gasteiger partial charge on any atom is -0.497 e. The molecule has 1 aromatic carbocycles. The molecule has 2 atom stereocenters. The Morgan fingerprint density at radius 1 is 1.14 bits per heavy atom. The third kappa shape index (κ3) is 6.84. The molecule has 0 radical (unpaired) electrons. The normalized spacial score (nSPS) is 19.4. The Kier molecular flexibility index (Phi) is 9.47. The molecule has 2 aromatic rings. The van der Waals surface area contributed by atoms with Crippen LogP contribution in [-0.2, 0) is 20.8 Å². The summed E-state index contributed by atoms with van der Waals surface area (Å²) in [5, 5.41) is 3.85. The van der Waals surface area contributed by atoms with Gasteiger partial charge in [-0.3, -0.25) is 14.4 Å². The second-order valence-corrected chi connectivity index (χ2v) is 10.4. The second-order valence-electron chi connectivity index (χ2n) is 10.4. The number of carbonyl (C=O) groups excluding carboxylic acids is 3. The van der Waals surface area contributed by atoms with Crippen LogP contribution < -0.4 is 10.1 Å². The number of nitrogens with zero attached hydrogens (tertiary/aromatic N) is 2. The number of fused-ring (bicyclic) bond motifs is 2. The molecule has 4 rings (SSSR count). The number of ether oxygens (including phenoxy) is 1. The van der Waals surface area contributed by atoms with Gasteiger partial charge >= 0.3 is 0 Å². The van der Waals surface area contributed by atoms with Gasteiger partial charge < -0.3 is 24.8 Å². The molecule has 1 aromatic heterocycles. The zero-order chi connectivity index (χ0) is 26.2. The SMILES string of the molecule is CCNC(=O)CN(CCc1c[nH]c2ccc(OC)cc12)C(=O)CCCC(=O)N1CCCC2CCCCC21. The van der Waals surface area contributed by atoms with Gasteiger partial charge in [-0.2, -0.15) is 0 Å². The lowest BCUT2D eigenvalue weighted by atomic mass is 9.78. The van der Waals surface area contributed by atoms with E-state index in [9.17, 15) is 14.4 Å². The fourth-order valence-electron chi connectivity index (χ4n) is 6.09. The molecule has 0 spiro atoms. The molecule has 2 heterocycles. The number of H-pyrrole nitrogens is 1. The van der Waals surface area contributed by atoms with E-state index in [2.05, 4.69) is 15.2 Å². The van der Waals surface area contributed by atoms with Crippen LogP contribution in [0.3, 0.4) is 0 Å². The number of aromatic nitrogens is 1. The van der Waals surface area contributed by atoms with E-state index in [4.69, 9.17) is 4.74 Å². The molecule has 202 valence electrons. The van der Waals surface area contributed by atoms with Crippen LogP contribution >= 0.6 is 0 Å². The summed E-state index contributed by atoms with van der Waals surface area (Å²) in [6.45, 7) is 3.71. The van der Waals surface area contributed by atoms with Crippen molar-refractivity contribution in [3.05, 3.63) is 30.0 Å². The third-order valence-electron chi connectivity index (χ3n) is 8.03. The number of carbonyl (C=O) groups is 3. The Bertz CT molecular complexity index is 1080. The number of likely N-dealkylation sites (N-methyl/N-ethyl adjacent to an activating group) is 1. The number of methoxy groups -OCH3 is 1. The van der Waals surface area contributed by atoms with E-state index < -0.39 is 0 Å². The molecule has 37 heavy (non-hydrogen) atoms. The average molecular weight is 511 g/mol. The maximum absolute atomic E-state index is 13.2. The van der Waals surface area contributed by atoms with Gasteiger partial charge in [0, 0.05) is 55.6 Å². The highest BCUT2D eigenvalue weighted by Crippen LogP contribution is 2.35. The van der Waals surface area contributed by atoms with Crippen molar-refractivity contribution >= 4 is 28.6 Å². The predicted octanol–water partition coefficient (Wildman–Crippen LogP) is 4.04. The summed E-state index contributed by atoms with van der Waals surface area (Å²) in [7, 11) is 1.64. The first-order valence-electron chi connectivity index (χ1n) is 14.0. The molecule has 1 saturated carbocycles. The molecule has 0 bridgehead atoms. The highest BCUT2D eigenvalue weighted by atomic mass is 16.5. The van der Waals surface area contributed by atoms with Crippen molar-refractivity contribution in [3.8, 4) is 5.75 Å². The van der Waals surface area contributed by atoms with Crippen LogP contribution in [0.1, 0.15) is 70.3 Å². The number of piperidine rings is 1. The molecule has 2 unspecified atom stereocenters. The van der Waals surface area contributed by atoms with Crippen LogP contribution in [-0.4, -0.2) is 71.8 Å². The third-order valence-corrected chi connectivity index (χ3v) is 8.03. The van der Waals surface area contributed by atoms with Gasteiger partial charge in [-0.25, -0.2) is 0 Å². The topological polar surface area (TPSA) is 94.7 Å². The van der Waals surface area contributed by atoms with Crippen molar-refractivity contribution < 1.29 is 19.1 Å². The van der Waals surface area contributed by atoms with Crippen molar-refractivity contribution in [1.29, 1.82) is 0 Å². The summed E-state index contributed by atoms with van der Waals surface area (Å²) in [6.07, 6.45) is 10.9. The van der Waals surface area contributed by atoms with Crippen molar-refractivity contribution in [1.82, 2.24) is 20.1 Å². The van der Waals surface area contributed by atoms with Crippen LogP contribution in [0.5, 0.6) is 5.75 Å². The molecular weight excluding hydrogens is 468 g/mol. The van der Waals surface area contributed by atoms with Gasteiger partial charge in [-0.05, 0) is 75.1 Å². The van der Waals surface area contributed by atoms with E-state index in [-0.39, 0.29) is 30.7 Å². The van der Waals surface area contributed by atoms with Gasteiger partial charge in [0.2, 0.25) is 17.7 Å². The zero-order valence-electron chi connectivity index (χ0n) is 22.4. The molecule has 1 aliphatic carbocycles. The predicted molar refractivity (Wildman–Crippen MR) is 144 cm³/mol. The van der Waals surface area contributed by atoms with Crippen LogP contribution in [0.25, 0.3) is 10.9 Å². The minimum atomic E-state index is -0.163. The lowest BCUT2D eigenvalue weighted by Crippen LogP contribution is -2.49. The number of rotatable bonds is 11. The number of hydrogen-bond acceptors (Lipinski definition) is 4. The lowest BCUT2D eigenvalue weighted by molar-refractivity contribution is -0.138. The van der Waals surface area contributed by atoms with Crippen LogP contribution in [0.4, 0.5) is 0 Å². The van der Waals surface area contributed by atoms with Gasteiger partial charge in [-0.15, -0.1) is 0 Å². The first kappa shape index (κ1) is 27.0. The van der Waals surface area contributed by atoms with Crippen molar-refractivity contribution in [3.63, 3.8) is 0 Å². The van der Waals surface area contributed by atoms with Crippen LogP contribution in [0, 0.1) is 5.92 Å². The number of benzene rings is 1. The quantitative estimate of drug-likeness (QED) is 0.477. The molecule has 2 N–H and O–H groups in total. The monoisotopic (exact) mass is 510 g/mol. The number of aromatic amines is 1. The standard InChI is InChI=1S/C29H42N4O4/c1-3-30-27(34)20-32(17-15-22-19-31-25-14-13-23(37-2)18-24(22)25)28(35)11-6-12-29(36)33-16-7-9-21-8-4-5-10-26(21)33/h13-14,18-19,21,26,31H,3-12,15-17,20H2,1-2H3,(H,30,34). The number of hydrogen-bond donors (Lipinski definition) is 2. The first-order chi connectivity index (χ1) is 18.0. The smallest absolute Gasteiger partial charge is 0.239 e. The molecule has 8 heteroatoms. The van der Waals surface area contributed by atoms with Crippen LogP contribution in [0.15, 0.2) is 24.4 Å². The summed E-state index contributed by atoms with van der Waals surface area (Å²) in [5.41, 5.74) is 2.08. The summed E-state index contributed by atoms with van der Waals surface area (Å²) in [6, 6.07) is 6.27. The minimum absolute atomic E-state index is 0.0299. The highest BCUT2D eigenvalue weighted by Gasteiger charge is 2.35. The average Bonchev–Trinajstić information content (AvgIpc) is 3.32. The summed E-state index contributed by atoms with van der Waals surface area (Å²) in [4.78, 5) is 45.6. The van der Waals surface area contributed by atoms with E-state index in [1.807, 2.05) is 31.3 Å². The van der Waals surface area contributed by atoms with Crippen LogP contribution in [0.2, 0.25) is 0 Å². The van der Waals surface area contributed by atoms with E-state index in [0.717, 1.165) is 41.6 Å². The van der Waals surface area contributed by atoms with Gasteiger partial charge in [0.05, 0.1) is 13.7 Å². The summed E-state index contributed by atoms with van der Waals surface area (Å²) < 4.78 is 5.36. The van der Waals surface area contributed by atoms with Gasteiger partial charge in [0.25, 0.3) is 0 Å². The molecule has 2 aliphatic rings. The largest absolute Gasteiger partial charge is 0.497 e. The number of likely N-dealkylation sites (tertiary alicyclic amines) is 1. The van der Waals surface area contributed by atoms with Crippen molar-refractivity contribution in [2.75, 3.05) is 33.3 Å². The zero-order valence-corrected chi connectivity index (χ0v) is 22.4. The lowest BCUT2D eigenvalue weighted by Gasteiger charge is -2.44. The second kappa shape index (κ2) is 13.0. The summed E-state index contributed by atoms with van der Waals surface area (Å²) in [5.74, 6) is 1.38. The first-order valence-corrected chi connectivity index (χ1v) is 14.0. The molecule has 2 fully saturated rings. The fourth-order valence-corrected chi connectivity index (χ4v) is 6.09. The number of nitrogens with one attached hydrogen (secondary N) is 2. The summed E-state index contributed by atoms with van der Waals surface area (Å²) >= 11 is 0. The Morgan fingerprint density at radius 3 is 2.76 bits per heavy atom. The molecule has 3 amide bonds. The Balaban J connectivity index is 1.33. The van der Waals surface area contributed by atoms with Gasteiger partial charge in [0.1, 0.15) is 5.75 Å². The van der Waals surface area contributed by atoms with E-state index >= 15 is 0 Å². The Labute approximate surface area is 220 Å². The van der Waals surface area contributed by atoms with Gasteiger partial charge in [-0.1, -0.05) is 12.8 Å². The molecule has 8 nitrogen and oxygen atoms in total.